The first-order valence-corrected chi connectivity index (χ1v) is 7.49. The Morgan fingerprint density at radius 3 is 2.79 bits per heavy atom. The summed E-state index contributed by atoms with van der Waals surface area (Å²) in [7, 11) is 0. The van der Waals surface area contributed by atoms with Crippen LogP contribution in [0.3, 0.4) is 0 Å². The number of hydrogen-bond acceptors (Lipinski definition) is 4. The molecule has 0 saturated heterocycles. The van der Waals surface area contributed by atoms with Crippen LogP contribution in [0.25, 0.3) is 0 Å². The summed E-state index contributed by atoms with van der Waals surface area (Å²) in [6, 6.07) is 0.573. The van der Waals surface area contributed by atoms with Crippen LogP contribution in [0.5, 0.6) is 0 Å². The van der Waals surface area contributed by atoms with Crippen molar-refractivity contribution in [1.29, 1.82) is 0 Å². The smallest absolute Gasteiger partial charge is 0.138 e. The van der Waals surface area contributed by atoms with E-state index in [0.717, 1.165) is 44.6 Å². The summed E-state index contributed by atoms with van der Waals surface area (Å²) in [5.74, 6) is 0.907. The van der Waals surface area contributed by atoms with E-state index in [1.54, 1.807) is 6.33 Å². The highest BCUT2D eigenvalue weighted by Gasteiger charge is 2.34. The van der Waals surface area contributed by atoms with E-state index in [1.807, 2.05) is 11.6 Å². The quantitative estimate of drug-likeness (QED) is 0.819. The lowest BCUT2D eigenvalue weighted by Crippen LogP contribution is -2.43. The second kappa shape index (κ2) is 6.48. The van der Waals surface area contributed by atoms with Gasteiger partial charge >= 0.3 is 0 Å². The normalized spacial score (nSPS) is 27.6. The predicted octanol–water partition coefficient (Wildman–Crippen LogP) is 1.51. The van der Waals surface area contributed by atoms with E-state index in [2.05, 4.69) is 22.3 Å². The second-order valence-corrected chi connectivity index (χ2v) is 5.62. The molecule has 0 aliphatic heterocycles. The third-order valence-corrected chi connectivity index (χ3v) is 4.08. The molecule has 0 amide bonds. The van der Waals surface area contributed by atoms with Crippen LogP contribution in [0.1, 0.15) is 51.8 Å². The number of nitrogens with one attached hydrogen (secondary N) is 1. The van der Waals surface area contributed by atoms with E-state index in [1.165, 1.54) is 6.42 Å². The summed E-state index contributed by atoms with van der Waals surface area (Å²) < 4.78 is 1.87. The van der Waals surface area contributed by atoms with Gasteiger partial charge in [0.05, 0.1) is 5.60 Å². The Kier molecular flexibility index (Phi) is 4.93. The molecule has 0 aromatic carbocycles. The number of aromatic nitrogens is 3. The molecule has 2 rings (SSSR count). The van der Waals surface area contributed by atoms with Crippen molar-refractivity contribution in [3.8, 4) is 0 Å². The van der Waals surface area contributed by atoms with Crippen molar-refractivity contribution in [2.45, 2.75) is 70.6 Å². The topological polar surface area (TPSA) is 63.0 Å². The summed E-state index contributed by atoms with van der Waals surface area (Å²) in [4.78, 5) is 4.27. The van der Waals surface area contributed by atoms with Crippen molar-refractivity contribution in [3.05, 3.63) is 12.2 Å². The lowest BCUT2D eigenvalue weighted by Gasteiger charge is -2.36. The Morgan fingerprint density at radius 1 is 1.42 bits per heavy atom. The van der Waals surface area contributed by atoms with Crippen molar-refractivity contribution in [3.63, 3.8) is 0 Å². The van der Waals surface area contributed by atoms with Crippen LogP contribution in [0.15, 0.2) is 6.33 Å². The lowest BCUT2D eigenvalue weighted by molar-refractivity contribution is -0.00549. The summed E-state index contributed by atoms with van der Waals surface area (Å²) in [5, 5.41) is 18.4. The van der Waals surface area contributed by atoms with Crippen molar-refractivity contribution < 1.29 is 5.11 Å². The van der Waals surface area contributed by atoms with Gasteiger partial charge in [0.15, 0.2) is 0 Å². The van der Waals surface area contributed by atoms with Crippen molar-refractivity contribution in [1.82, 2.24) is 20.1 Å². The van der Waals surface area contributed by atoms with Gasteiger partial charge in [0, 0.05) is 19.0 Å². The van der Waals surface area contributed by atoms with Crippen LogP contribution < -0.4 is 5.32 Å². The molecule has 5 nitrogen and oxygen atoms in total. The summed E-state index contributed by atoms with van der Waals surface area (Å²) in [6.07, 6.45) is 7.18. The summed E-state index contributed by atoms with van der Waals surface area (Å²) in [6.45, 7) is 6.12. The van der Waals surface area contributed by atoms with Crippen LogP contribution in [0.2, 0.25) is 0 Å². The molecule has 1 saturated carbocycles. The van der Waals surface area contributed by atoms with Gasteiger partial charge in [-0.1, -0.05) is 6.92 Å². The lowest BCUT2D eigenvalue weighted by atomic mass is 9.80. The zero-order valence-corrected chi connectivity index (χ0v) is 12.1. The van der Waals surface area contributed by atoms with Crippen molar-refractivity contribution >= 4 is 0 Å². The van der Waals surface area contributed by atoms with Crippen molar-refractivity contribution in [2.75, 3.05) is 6.54 Å². The van der Waals surface area contributed by atoms with Crippen LogP contribution in [-0.2, 0) is 13.0 Å². The number of rotatable bonds is 6. The van der Waals surface area contributed by atoms with Crippen LogP contribution in [-0.4, -0.2) is 38.1 Å². The predicted molar refractivity (Wildman–Crippen MR) is 74.9 cm³/mol. The van der Waals surface area contributed by atoms with Gasteiger partial charge in [0.25, 0.3) is 0 Å². The molecular weight excluding hydrogens is 240 g/mol. The van der Waals surface area contributed by atoms with Gasteiger partial charge < -0.3 is 10.4 Å². The average molecular weight is 266 g/mol. The average Bonchev–Trinajstić information content (AvgIpc) is 2.85. The minimum absolute atomic E-state index is 0.573. The first-order chi connectivity index (χ1) is 9.17. The molecule has 1 aliphatic carbocycles. The molecular formula is C14H26N4O. The SMILES string of the molecule is CCCNC1CCC(O)(Cc2ncnn2CC)CC1. The van der Waals surface area contributed by atoms with Gasteiger partial charge in [-0.2, -0.15) is 5.10 Å². The van der Waals surface area contributed by atoms with E-state index < -0.39 is 5.60 Å². The Balaban J connectivity index is 1.88. The molecule has 5 heteroatoms. The molecule has 1 fully saturated rings. The van der Waals surface area contributed by atoms with Gasteiger partial charge in [-0.3, -0.25) is 4.68 Å². The second-order valence-electron chi connectivity index (χ2n) is 5.62. The largest absolute Gasteiger partial charge is 0.389 e. The van der Waals surface area contributed by atoms with E-state index in [4.69, 9.17) is 0 Å². The zero-order chi connectivity index (χ0) is 13.7. The maximum absolute atomic E-state index is 10.7. The molecule has 2 N–H and O–H groups in total. The van der Waals surface area contributed by atoms with Gasteiger partial charge in [-0.15, -0.1) is 0 Å². The zero-order valence-electron chi connectivity index (χ0n) is 12.1. The van der Waals surface area contributed by atoms with Crippen molar-refractivity contribution in [2.24, 2.45) is 0 Å². The molecule has 0 bridgehead atoms. The minimum Gasteiger partial charge on any atom is -0.389 e. The summed E-state index contributed by atoms with van der Waals surface area (Å²) >= 11 is 0. The Morgan fingerprint density at radius 2 is 2.16 bits per heavy atom. The Labute approximate surface area is 115 Å². The standard InChI is InChI=1S/C14H26N4O/c1-3-9-15-12-5-7-14(19,8-6-12)10-13-16-11-17-18(13)4-2/h11-12,15,19H,3-10H2,1-2H3. The van der Waals surface area contributed by atoms with Crippen LogP contribution >= 0.6 is 0 Å². The first-order valence-electron chi connectivity index (χ1n) is 7.49. The maximum atomic E-state index is 10.7. The molecule has 1 aromatic rings. The monoisotopic (exact) mass is 266 g/mol. The fraction of sp³-hybridized carbons (Fsp3) is 0.857. The van der Waals surface area contributed by atoms with Gasteiger partial charge in [0.1, 0.15) is 12.2 Å². The highest BCUT2D eigenvalue weighted by atomic mass is 16.3. The minimum atomic E-state index is -0.593. The first kappa shape index (κ1) is 14.5. The van der Waals surface area contributed by atoms with Gasteiger partial charge in [-0.25, -0.2) is 4.98 Å². The number of nitrogens with zero attached hydrogens (tertiary/aromatic N) is 3. The van der Waals surface area contributed by atoms with Gasteiger partial charge in [0.2, 0.25) is 0 Å². The fourth-order valence-electron chi connectivity index (χ4n) is 2.87. The van der Waals surface area contributed by atoms with Gasteiger partial charge in [-0.05, 0) is 45.6 Å². The summed E-state index contributed by atoms with van der Waals surface area (Å²) in [5.41, 5.74) is -0.593. The highest BCUT2D eigenvalue weighted by Crippen LogP contribution is 2.31. The molecule has 108 valence electrons. The van der Waals surface area contributed by atoms with E-state index in [9.17, 15) is 5.11 Å². The molecule has 0 atom stereocenters. The van der Waals surface area contributed by atoms with E-state index >= 15 is 0 Å². The number of aliphatic hydroxyl groups is 1. The maximum Gasteiger partial charge on any atom is 0.138 e. The molecule has 0 spiro atoms. The number of aryl methyl sites for hydroxylation is 1. The van der Waals surface area contributed by atoms with Crippen LogP contribution in [0, 0.1) is 0 Å². The molecule has 19 heavy (non-hydrogen) atoms. The molecule has 1 aliphatic rings. The third kappa shape index (κ3) is 3.76. The Bertz CT molecular complexity index is 383. The molecule has 0 unspecified atom stereocenters. The Hall–Kier alpha value is -0.940. The molecule has 1 aromatic heterocycles. The highest BCUT2D eigenvalue weighted by molar-refractivity contribution is 4.98. The fourth-order valence-corrected chi connectivity index (χ4v) is 2.87. The number of hydrogen-bond donors (Lipinski definition) is 2. The third-order valence-electron chi connectivity index (χ3n) is 4.08. The van der Waals surface area contributed by atoms with Crippen LogP contribution in [0.4, 0.5) is 0 Å². The molecule has 0 radical (unpaired) electrons. The molecule has 1 heterocycles. The van der Waals surface area contributed by atoms with E-state index in [0.29, 0.717) is 12.5 Å². The van der Waals surface area contributed by atoms with E-state index in [-0.39, 0.29) is 0 Å².